The van der Waals surface area contributed by atoms with Crippen LogP contribution >= 0.6 is 11.6 Å². The van der Waals surface area contributed by atoms with Gasteiger partial charge in [0.2, 0.25) is 5.55 Å². The molecule has 0 saturated heterocycles. The number of nitrogens with one attached hydrogen (secondary N) is 1. The summed E-state index contributed by atoms with van der Waals surface area (Å²) in [6, 6.07) is 15.7. The van der Waals surface area contributed by atoms with E-state index in [1.54, 1.807) is 62.7 Å². The van der Waals surface area contributed by atoms with Crippen molar-refractivity contribution in [2.45, 2.75) is 13.5 Å². The maximum absolute atomic E-state index is 13.3. The molecular formula is C24H20ClN3O4. The number of aryl methyl sites for hydroxylation is 1. The van der Waals surface area contributed by atoms with Gasteiger partial charge in [-0.3, -0.25) is 9.78 Å². The number of aromatic nitrogens is 1. The van der Waals surface area contributed by atoms with Crippen LogP contribution in [0.25, 0.3) is 11.0 Å². The topological polar surface area (TPSA) is 97.0 Å². The van der Waals surface area contributed by atoms with Gasteiger partial charge in [-0.05, 0) is 37.3 Å². The summed E-state index contributed by atoms with van der Waals surface area (Å²) in [6.45, 7) is 1.53. The third-order valence-corrected chi connectivity index (χ3v) is 5.22. The lowest BCUT2D eigenvalue weighted by molar-refractivity contribution is 0.102. The monoisotopic (exact) mass is 449 g/mol. The number of carbonyl (C=O) groups excluding carboxylic acids is 1. The van der Waals surface area contributed by atoms with Gasteiger partial charge >= 0.3 is 0 Å². The van der Waals surface area contributed by atoms with Gasteiger partial charge in [0.25, 0.3) is 5.91 Å². The fraction of sp³-hybridized carbons (Fsp3) is 0.125. The van der Waals surface area contributed by atoms with E-state index in [4.69, 9.17) is 20.8 Å². The summed E-state index contributed by atoms with van der Waals surface area (Å²) in [5.74, 6) is 0.0648. The van der Waals surface area contributed by atoms with Gasteiger partial charge in [0.1, 0.15) is 17.0 Å². The van der Waals surface area contributed by atoms with Crippen molar-refractivity contribution >= 4 is 39.9 Å². The highest BCUT2D eigenvalue weighted by Crippen LogP contribution is 2.27. The molecule has 1 amide bonds. The Morgan fingerprint density at radius 2 is 1.97 bits per heavy atom. The first-order valence-corrected chi connectivity index (χ1v) is 10.2. The van der Waals surface area contributed by atoms with Gasteiger partial charge in [-0.15, -0.1) is 0 Å². The number of hydrogen-bond acceptors (Lipinski definition) is 6. The predicted octanol–water partition coefficient (Wildman–Crippen LogP) is 4.78. The zero-order chi connectivity index (χ0) is 22.7. The number of carbonyl (C=O) groups is 1. The van der Waals surface area contributed by atoms with E-state index >= 15 is 0 Å². The summed E-state index contributed by atoms with van der Waals surface area (Å²) in [5, 5.41) is 13.5. The number of benzene rings is 2. The Hall–Kier alpha value is -3.68. The lowest BCUT2D eigenvalue weighted by Crippen LogP contribution is -2.22. The minimum atomic E-state index is -0.462. The van der Waals surface area contributed by atoms with Crippen LogP contribution in [-0.4, -0.2) is 23.1 Å². The lowest BCUT2D eigenvalue weighted by atomic mass is 10.1. The molecule has 2 aromatic carbocycles. The van der Waals surface area contributed by atoms with Gasteiger partial charge in [-0.1, -0.05) is 35.9 Å². The number of hydrogen-bond donors (Lipinski definition) is 2. The molecule has 0 aliphatic rings. The SMILES string of the molecule is COc1ccccc1N=c1oc2c(C)ncc(CO)c2cc1C(=O)Nc1ccccc1Cl. The van der Waals surface area contributed by atoms with E-state index in [9.17, 15) is 9.90 Å². The number of pyridine rings is 1. The average Bonchev–Trinajstić information content (AvgIpc) is 2.81. The molecule has 0 radical (unpaired) electrons. The highest BCUT2D eigenvalue weighted by Gasteiger charge is 2.17. The number of amides is 1. The minimum Gasteiger partial charge on any atom is -0.494 e. The third-order valence-electron chi connectivity index (χ3n) is 4.90. The van der Waals surface area contributed by atoms with Crippen LogP contribution in [0.15, 0.2) is 70.2 Å². The largest absolute Gasteiger partial charge is 0.494 e. The van der Waals surface area contributed by atoms with E-state index in [0.717, 1.165) is 0 Å². The fourth-order valence-electron chi connectivity index (χ4n) is 3.24. The summed E-state index contributed by atoms with van der Waals surface area (Å²) in [5.41, 5.74) is 2.76. The molecule has 162 valence electrons. The maximum atomic E-state index is 13.3. The number of para-hydroxylation sites is 3. The second-order valence-corrected chi connectivity index (χ2v) is 7.36. The molecular weight excluding hydrogens is 430 g/mol. The van der Waals surface area contributed by atoms with Gasteiger partial charge in [-0.25, -0.2) is 4.99 Å². The molecule has 2 N–H and O–H groups in total. The maximum Gasteiger partial charge on any atom is 0.261 e. The summed E-state index contributed by atoms with van der Waals surface area (Å²) in [4.78, 5) is 22.1. The third kappa shape index (κ3) is 4.21. The molecule has 0 aliphatic heterocycles. The van der Waals surface area contributed by atoms with E-state index in [2.05, 4.69) is 15.3 Å². The highest BCUT2D eigenvalue weighted by molar-refractivity contribution is 6.33. The highest BCUT2D eigenvalue weighted by atomic mass is 35.5. The predicted molar refractivity (Wildman–Crippen MR) is 122 cm³/mol. The summed E-state index contributed by atoms with van der Waals surface area (Å²) < 4.78 is 11.4. The van der Waals surface area contributed by atoms with E-state index in [-0.39, 0.29) is 17.7 Å². The molecule has 0 fully saturated rings. The number of anilines is 1. The Kier molecular flexibility index (Phi) is 6.20. The number of aliphatic hydroxyl groups excluding tert-OH is 1. The van der Waals surface area contributed by atoms with Gasteiger partial charge in [0, 0.05) is 17.1 Å². The van der Waals surface area contributed by atoms with Crippen LogP contribution in [0.3, 0.4) is 0 Å². The van der Waals surface area contributed by atoms with Crippen LogP contribution in [0.5, 0.6) is 5.75 Å². The van der Waals surface area contributed by atoms with Gasteiger partial charge in [0.15, 0.2) is 5.58 Å². The van der Waals surface area contributed by atoms with Crippen LogP contribution < -0.4 is 15.6 Å². The Bertz CT molecular complexity index is 1380. The summed E-state index contributed by atoms with van der Waals surface area (Å²) in [6.07, 6.45) is 1.56. The van der Waals surface area contributed by atoms with Crippen molar-refractivity contribution in [1.29, 1.82) is 0 Å². The number of methoxy groups -OCH3 is 1. The first-order chi connectivity index (χ1) is 15.5. The molecule has 8 heteroatoms. The molecule has 0 aliphatic carbocycles. The molecule has 0 saturated carbocycles. The van der Waals surface area contributed by atoms with Crippen LogP contribution in [0.2, 0.25) is 5.02 Å². The number of nitrogens with zero attached hydrogens (tertiary/aromatic N) is 2. The molecule has 0 atom stereocenters. The van der Waals surface area contributed by atoms with E-state index in [1.807, 2.05) is 12.1 Å². The van der Waals surface area contributed by atoms with E-state index in [1.165, 1.54) is 0 Å². The Morgan fingerprint density at radius 1 is 1.22 bits per heavy atom. The van der Waals surface area contributed by atoms with E-state index in [0.29, 0.717) is 44.4 Å². The first-order valence-electron chi connectivity index (χ1n) is 9.78. The molecule has 7 nitrogen and oxygen atoms in total. The van der Waals surface area contributed by atoms with Crippen molar-refractivity contribution in [3.05, 3.63) is 88.2 Å². The molecule has 2 aromatic heterocycles. The van der Waals surface area contributed by atoms with Crippen molar-refractivity contribution in [3.8, 4) is 5.75 Å². The zero-order valence-electron chi connectivity index (χ0n) is 17.4. The molecule has 0 unspecified atom stereocenters. The first kappa shape index (κ1) is 21.5. The van der Waals surface area contributed by atoms with Crippen LogP contribution in [0.4, 0.5) is 11.4 Å². The van der Waals surface area contributed by atoms with Gasteiger partial charge in [-0.2, -0.15) is 0 Å². The minimum absolute atomic E-state index is 0.0755. The molecule has 4 aromatic rings. The number of fused-ring (bicyclic) bond motifs is 1. The van der Waals surface area contributed by atoms with Crippen LogP contribution in [-0.2, 0) is 6.61 Å². The molecule has 4 rings (SSSR count). The summed E-state index contributed by atoms with van der Waals surface area (Å²) >= 11 is 6.21. The van der Waals surface area contributed by atoms with Crippen molar-refractivity contribution < 1.29 is 19.1 Å². The van der Waals surface area contributed by atoms with Crippen molar-refractivity contribution in [3.63, 3.8) is 0 Å². The number of ether oxygens (including phenoxy) is 1. The van der Waals surface area contributed by atoms with Crippen molar-refractivity contribution in [1.82, 2.24) is 4.98 Å². The van der Waals surface area contributed by atoms with Crippen molar-refractivity contribution in [2.75, 3.05) is 12.4 Å². The Morgan fingerprint density at radius 3 is 2.72 bits per heavy atom. The smallest absolute Gasteiger partial charge is 0.261 e. The Balaban J connectivity index is 1.96. The standard InChI is InChI=1S/C24H20ClN3O4/c1-14-22-16(15(13-29)12-26-14)11-17(23(30)27-19-8-4-3-7-18(19)25)24(32-22)28-20-9-5-6-10-21(20)31-2/h3-12,29H,13H2,1-2H3,(H,27,30). The second-order valence-electron chi connectivity index (χ2n) is 6.95. The number of aliphatic hydroxyl groups is 1. The fourth-order valence-corrected chi connectivity index (χ4v) is 3.43. The zero-order valence-corrected chi connectivity index (χ0v) is 18.2. The molecule has 2 heterocycles. The molecule has 0 bridgehead atoms. The van der Waals surface area contributed by atoms with Gasteiger partial charge in [0.05, 0.1) is 30.1 Å². The Labute approximate surface area is 189 Å². The average molecular weight is 450 g/mol. The quantitative estimate of drug-likeness (QED) is 0.457. The second kappa shape index (κ2) is 9.21. The summed E-state index contributed by atoms with van der Waals surface area (Å²) in [7, 11) is 1.54. The van der Waals surface area contributed by atoms with E-state index < -0.39 is 5.91 Å². The molecule has 0 spiro atoms. The van der Waals surface area contributed by atoms with Crippen LogP contribution in [0.1, 0.15) is 21.6 Å². The van der Waals surface area contributed by atoms with Crippen molar-refractivity contribution in [2.24, 2.45) is 4.99 Å². The van der Waals surface area contributed by atoms with Crippen LogP contribution in [0, 0.1) is 6.92 Å². The normalized spacial score (nSPS) is 11.6. The lowest BCUT2D eigenvalue weighted by Gasteiger charge is -2.11. The number of halogens is 1. The molecule has 32 heavy (non-hydrogen) atoms. The van der Waals surface area contributed by atoms with Gasteiger partial charge < -0.3 is 19.6 Å². The number of rotatable bonds is 5.